The first-order chi connectivity index (χ1) is 10.6. The second kappa shape index (κ2) is 8.36. The summed E-state index contributed by atoms with van der Waals surface area (Å²) in [4.78, 5) is 25.2. The fourth-order valence-corrected chi connectivity index (χ4v) is 3.52. The average Bonchev–Trinajstić information content (AvgIpc) is 2.74. The Hall–Kier alpha value is -1.30. The Balaban J connectivity index is 1.74. The summed E-state index contributed by atoms with van der Waals surface area (Å²) in [6.07, 6.45) is 5.99. The zero-order valence-corrected chi connectivity index (χ0v) is 13.4. The predicted molar refractivity (Wildman–Crippen MR) is 82.7 cm³/mol. The van der Waals surface area contributed by atoms with E-state index in [-0.39, 0.29) is 18.0 Å². The molecule has 2 aliphatic rings. The fourth-order valence-electron chi connectivity index (χ4n) is 3.52. The third kappa shape index (κ3) is 4.87. The molecule has 0 aromatic rings. The van der Waals surface area contributed by atoms with Crippen molar-refractivity contribution < 1.29 is 19.4 Å². The van der Waals surface area contributed by atoms with Gasteiger partial charge in [0.15, 0.2) is 0 Å². The van der Waals surface area contributed by atoms with Crippen LogP contribution in [0.5, 0.6) is 0 Å². The maximum atomic E-state index is 12.4. The van der Waals surface area contributed by atoms with Crippen LogP contribution in [0.3, 0.4) is 0 Å². The van der Waals surface area contributed by atoms with Crippen LogP contribution < -0.4 is 5.32 Å². The van der Waals surface area contributed by atoms with E-state index in [9.17, 15) is 9.59 Å². The summed E-state index contributed by atoms with van der Waals surface area (Å²) in [5.74, 6) is -0.392. The number of aliphatic carboxylic acids is 1. The first-order valence-corrected chi connectivity index (χ1v) is 8.37. The molecule has 2 amide bonds. The van der Waals surface area contributed by atoms with Crippen LogP contribution in [0, 0.1) is 11.8 Å². The molecule has 0 aromatic carbocycles. The summed E-state index contributed by atoms with van der Waals surface area (Å²) in [6, 6.07) is 0.137. The van der Waals surface area contributed by atoms with Crippen molar-refractivity contribution in [2.45, 2.75) is 51.0 Å². The third-order valence-corrected chi connectivity index (χ3v) is 4.94. The van der Waals surface area contributed by atoms with Gasteiger partial charge >= 0.3 is 12.0 Å². The Bertz CT molecular complexity index is 380. The second-order valence-corrected chi connectivity index (χ2v) is 6.58. The van der Waals surface area contributed by atoms with Crippen molar-refractivity contribution >= 4 is 12.0 Å². The van der Waals surface area contributed by atoms with Crippen LogP contribution in [0.15, 0.2) is 0 Å². The number of ether oxygens (including phenoxy) is 1. The molecule has 22 heavy (non-hydrogen) atoms. The van der Waals surface area contributed by atoms with E-state index in [1.165, 1.54) is 0 Å². The summed E-state index contributed by atoms with van der Waals surface area (Å²) in [7, 11) is 1.73. The highest BCUT2D eigenvalue weighted by atomic mass is 16.5. The number of hydrogen-bond acceptors (Lipinski definition) is 3. The van der Waals surface area contributed by atoms with Gasteiger partial charge in [-0.3, -0.25) is 4.79 Å². The quantitative estimate of drug-likeness (QED) is 0.833. The van der Waals surface area contributed by atoms with Crippen molar-refractivity contribution in [1.29, 1.82) is 0 Å². The molecule has 1 unspecified atom stereocenters. The molecule has 1 saturated carbocycles. The maximum Gasteiger partial charge on any atom is 0.317 e. The van der Waals surface area contributed by atoms with E-state index in [0.717, 1.165) is 51.8 Å². The average molecular weight is 312 g/mol. The molecule has 6 heteroatoms. The number of hydrogen-bond donors (Lipinski definition) is 2. The molecule has 1 aliphatic carbocycles. The first kappa shape index (κ1) is 17.1. The van der Waals surface area contributed by atoms with Crippen LogP contribution in [0.25, 0.3) is 0 Å². The van der Waals surface area contributed by atoms with Crippen LogP contribution in [-0.2, 0) is 9.53 Å². The third-order valence-electron chi connectivity index (χ3n) is 4.94. The smallest absolute Gasteiger partial charge is 0.317 e. The minimum Gasteiger partial charge on any atom is -0.481 e. The van der Waals surface area contributed by atoms with Gasteiger partial charge in [0.1, 0.15) is 0 Å². The summed E-state index contributed by atoms with van der Waals surface area (Å²) in [6.45, 7) is 2.36. The van der Waals surface area contributed by atoms with E-state index in [4.69, 9.17) is 9.84 Å². The van der Waals surface area contributed by atoms with E-state index >= 15 is 0 Å². The molecule has 126 valence electrons. The van der Waals surface area contributed by atoms with Crippen LogP contribution >= 0.6 is 0 Å². The largest absolute Gasteiger partial charge is 0.481 e. The van der Waals surface area contributed by atoms with Crippen LogP contribution in [0.4, 0.5) is 4.79 Å². The molecule has 1 heterocycles. The molecular weight excluding hydrogens is 284 g/mol. The lowest BCUT2D eigenvalue weighted by Gasteiger charge is -2.29. The molecule has 6 nitrogen and oxygen atoms in total. The summed E-state index contributed by atoms with van der Waals surface area (Å²) < 4.78 is 5.22. The number of urea groups is 1. The molecular formula is C16H28N2O4. The lowest BCUT2D eigenvalue weighted by atomic mass is 9.86. The van der Waals surface area contributed by atoms with E-state index in [1.807, 2.05) is 4.90 Å². The Morgan fingerprint density at radius 1 is 1.14 bits per heavy atom. The highest BCUT2D eigenvalue weighted by Gasteiger charge is 2.28. The van der Waals surface area contributed by atoms with Gasteiger partial charge in [-0.2, -0.15) is 0 Å². The van der Waals surface area contributed by atoms with Gasteiger partial charge < -0.3 is 20.1 Å². The van der Waals surface area contributed by atoms with Gasteiger partial charge in [0.25, 0.3) is 0 Å². The number of nitrogens with one attached hydrogen (secondary N) is 1. The number of carboxylic acids is 1. The van der Waals surface area contributed by atoms with Crippen LogP contribution in [0.2, 0.25) is 0 Å². The highest BCUT2D eigenvalue weighted by Crippen LogP contribution is 2.25. The Morgan fingerprint density at radius 3 is 2.50 bits per heavy atom. The standard InChI is InChI=1S/C16H28N2O4/c1-22-11-12-3-2-9-18(10-8-12)16(21)17-14-6-4-13(5-7-14)15(19)20/h12-14H,2-11H2,1H3,(H,17,21)(H,19,20). The number of methoxy groups -OCH3 is 1. The number of carbonyl (C=O) groups excluding carboxylic acids is 1. The molecule has 2 fully saturated rings. The second-order valence-electron chi connectivity index (χ2n) is 6.58. The van der Waals surface area contributed by atoms with Crippen molar-refractivity contribution in [2.75, 3.05) is 26.8 Å². The number of amides is 2. The molecule has 1 saturated heterocycles. The minimum absolute atomic E-state index is 0.0110. The topological polar surface area (TPSA) is 78.9 Å². The van der Waals surface area contributed by atoms with Gasteiger partial charge in [0, 0.05) is 32.8 Å². The van der Waals surface area contributed by atoms with Crippen molar-refractivity contribution in [2.24, 2.45) is 11.8 Å². The van der Waals surface area contributed by atoms with E-state index < -0.39 is 5.97 Å². The number of likely N-dealkylation sites (tertiary alicyclic amines) is 1. The van der Waals surface area contributed by atoms with Crippen LogP contribution in [0.1, 0.15) is 44.9 Å². The Labute approximate surface area is 132 Å². The Morgan fingerprint density at radius 2 is 1.86 bits per heavy atom. The minimum atomic E-state index is -0.707. The first-order valence-electron chi connectivity index (χ1n) is 8.37. The number of nitrogens with zero attached hydrogens (tertiary/aromatic N) is 1. The van der Waals surface area contributed by atoms with Crippen molar-refractivity contribution in [3.8, 4) is 0 Å². The zero-order valence-electron chi connectivity index (χ0n) is 13.4. The molecule has 2 rings (SSSR count). The fraction of sp³-hybridized carbons (Fsp3) is 0.875. The summed E-state index contributed by atoms with van der Waals surface area (Å²) >= 11 is 0. The lowest BCUT2D eigenvalue weighted by Crippen LogP contribution is -2.46. The number of carbonyl (C=O) groups is 2. The lowest BCUT2D eigenvalue weighted by molar-refractivity contribution is -0.142. The van der Waals surface area contributed by atoms with E-state index in [1.54, 1.807) is 7.11 Å². The monoisotopic (exact) mass is 312 g/mol. The molecule has 2 N–H and O–H groups in total. The Kier molecular flexibility index (Phi) is 6.49. The normalized spacial score (nSPS) is 29.7. The van der Waals surface area contributed by atoms with Gasteiger partial charge in [-0.25, -0.2) is 4.79 Å². The predicted octanol–water partition coefficient (Wildman–Crippen LogP) is 2.09. The summed E-state index contributed by atoms with van der Waals surface area (Å²) in [5.41, 5.74) is 0. The molecule has 0 spiro atoms. The van der Waals surface area contributed by atoms with Gasteiger partial charge in [0.2, 0.25) is 0 Å². The van der Waals surface area contributed by atoms with Gasteiger partial charge in [-0.1, -0.05) is 0 Å². The van der Waals surface area contributed by atoms with Crippen molar-refractivity contribution in [3.05, 3.63) is 0 Å². The van der Waals surface area contributed by atoms with Crippen molar-refractivity contribution in [3.63, 3.8) is 0 Å². The van der Waals surface area contributed by atoms with E-state index in [0.29, 0.717) is 18.8 Å². The number of rotatable bonds is 4. The highest BCUT2D eigenvalue weighted by molar-refractivity contribution is 5.74. The zero-order chi connectivity index (χ0) is 15.9. The van der Waals surface area contributed by atoms with Gasteiger partial charge in [-0.05, 0) is 50.9 Å². The molecule has 1 atom stereocenters. The van der Waals surface area contributed by atoms with Gasteiger partial charge in [0.05, 0.1) is 5.92 Å². The van der Waals surface area contributed by atoms with Crippen molar-refractivity contribution in [1.82, 2.24) is 10.2 Å². The van der Waals surface area contributed by atoms with Crippen LogP contribution in [-0.4, -0.2) is 54.9 Å². The van der Waals surface area contributed by atoms with E-state index in [2.05, 4.69) is 5.32 Å². The molecule has 0 aromatic heterocycles. The molecule has 0 bridgehead atoms. The maximum absolute atomic E-state index is 12.4. The molecule has 1 aliphatic heterocycles. The SMILES string of the molecule is COCC1CCCN(C(=O)NC2CCC(C(=O)O)CC2)CC1. The van der Waals surface area contributed by atoms with Gasteiger partial charge in [-0.15, -0.1) is 0 Å². The summed E-state index contributed by atoms with van der Waals surface area (Å²) in [5, 5.41) is 12.1. The molecule has 0 radical (unpaired) electrons. The number of carboxylic acid groups (broad SMARTS) is 1.